The van der Waals surface area contributed by atoms with Gasteiger partial charge in [0, 0.05) is 36.3 Å². The number of thioether (sulfide) groups is 1. The van der Waals surface area contributed by atoms with Gasteiger partial charge in [0.15, 0.2) is 9.84 Å². The average molecular weight is 499 g/mol. The monoisotopic (exact) mass is 498 g/mol. The number of sulfone groups is 1. The second kappa shape index (κ2) is 9.12. The first-order valence-electron chi connectivity index (χ1n) is 10.2. The molecule has 0 bridgehead atoms. The van der Waals surface area contributed by atoms with Crippen molar-refractivity contribution in [3.8, 4) is 0 Å². The molecule has 0 aliphatic carbocycles. The van der Waals surface area contributed by atoms with E-state index in [2.05, 4.69) is 0 Å². The summed E-state index contributed by atoms with van der Waals surface area (Å²) in [6, 6.07) is 11.8. The summed E-state index contributed by atoms with van der Waals surface area (Å²) in [6.45, 7) is 0.745. The number of halogens is 1. The molecular formula is C21H23FN2O5S3. The van der Waals surface area contributed by atoms with Gasteiger partial charge in [0.25, 0.3) is 5.91 Å². The third-order valence-electron chi connectivity index (χ3n) is 5.58. The molecule has 1 amide bonds. The molecular weight excluding hydrogens is 475 g/mol. The Morgan fingerprint density at radius 2 is 1.66 bits per heavy atom. The number of sulfonamides is 1. The van der Waals surface area contributed by atoms with Crippen LogP contribution in [0, 0.1) is 5.82 Å². The van der Waals surface area contributed by atoms with E-state index in [0.717, 1.165) is 17.0 Å². The first-order chi connectivity index (χ1) is 15.2. The molecule has 11 heteroatoms. The number of nitrogens with zero attached hydrogens (tertiary/aromatic N) is 2. The van der Waals surface area contributed by atoms with Gasteiger partial charge in [-0.1, -0.05) is 12.1 Å². The second-order valence-corrected chi connectivity index (χ2v) is 13.3. The van der Waals surface area contributed by atoms with Gasteiger partial charge in [-0.2, -0.15) is 4.31 Å². The third-order valence-corrected chi connectivity index (χ3v) is 10.8. The van der Waals surface area contributed by atoms with E-state index in [-0.39, 0.29) is 53.7 Å². The fourth-order valence-electron chi connectivity index (χ4n) is 3.84. The molecule has 1 atom stereocenters. The molecule has 0 spiro atoms. The number of rotatable bonds is 5. The number of carbonyl (C=O) groups is 1. The molecule has 2 aliphatic rings. The van der Waals surface area contributed by atoms with Crippen molar-refractivity contribution >= 4 is 37.5 Å². The Bertz CT molecular complexity index is 1210. The molecule has 2 aromatic carbocycles. The molecule has 2 heterocycles. The lowest BCUT2D eigenvalue weighted by Gasteiger charge is -2.34. The summed E-state index contributed by atoms with van der Waals surface area (Å²) in [5, 5.41) is -0.0772. The van der Waals surface area contributed by atoms with Gasteiger partial charge in [-0.15, -0.1) is 11.8 Å². The fourth-order valence-corrected chi connectivity index (χ4v) is 8.88. The molecule has 1 unspecified atom stereocenters. The van der Waals surface area contributed by atoms with Gasteiger partial charge in [0.2, 0.25) is 10.0 Å². The lowest BCUT2D eigenvalue weighted by Crippen LogP contribution is -2.50. The van der Waals surface area contributed by atoms with E-state index in [1.165, 1.54) is 28.2 Å². The van der Waals surface area contributed by atoms with Crippen molar-refractivity contribution in [1.82, 2.24) is 9.21 Å². The standard InChI is InChI=1S/C21H23FN2O5S3/c22-16-5-7-18(8-6-16)32(28,29)24-12-10-23(11-13-24)21(25)19-3-1-2-4-20(19)30-17-9-14-31(26,27)15-17/h1-8,17H,9-15H2. The summed E-state index contributed by atoms with van der Waals surface area (Å²) < 4.78 is 63.6. The van der Waals surface area contributed by atoms with Crippen LogP contribution in [0.5, 0.6) is 0 Å². The minimum atomic E-state index is -3.76. The molecule has 7 nitrogen and oxygen atoms in total. The van der Waals surface area contributed by atoms with Crippen molar-refractivity contribution in [2.24, 2.45) is 0 Å². The minimum absolute atomic E-state index is 0.0203. The van der Waals surface area contributed by atoms with Crippen molar-refractivity contribution in [3.63, 3.8) is 0 Å². The molecule has 0 saturated carbocycles. The maximum absolute atomic E-state index is 13.2. The first kappa shape index (κ1) is 23.2. The van der Waals surface area contributed by atoms with Gasteiger partial charge in [-0.25, -0.2) is 21.2 Å². The highest BCUT2D eigenvalue weighted by Crippen LogP contribution is 2.33. The number of amides is 1. The molecule has 4 rings (SSSR count). The maximum Gasteiger partial charge on any atom is 0.255 e. The van der Waals surface area contributed by atoms with Gasteiger partial charge < -0.3 is 4.90 Å². The summed E-state index contributed by atoms with van der Waals surface area (Å²) in [6.07, 6.45) is 0.565. The molecule has 2 aliphatic heterocycles. The van der Waals surface area contributed by atoms with E-state index in [1.54, 1.807) is 17.0 Å². The highest BCUT2D eigenvalue weighted by atomic mass is 32.2. The van der Waals surface area contributed by atoms with E-state index in [1.807, 2.05) is 12.1 Å². The van der Waals surface area contributed by atoms with Crippen LogP contribution in [0.25, 0.3) is 0 Å². The zero-order chi connectivity index (χ0) is 22.9. The van der Waals surface area contributed by atoms with Gasteiger partial charge in [0.05, 0.1) is 22.0 Å². The molecule has 32 heavy (non-hydrogen) atoms. The van der Waals surface area contributed by atoms with Crippen molar-refractivity contribution in [2.75, 3.05) is 37.7 Å². The Balaban J connectivity index is 1.43. The lowest BCUT2D eigenvalue weighted by molar-refractivity contribution is 0.0694. The molecule has 2 aromatic rings. The van der Waals surface area contributed by atoms with E-state index < -0.39 is 25.7 Å². The summed E-state index contributed by atoms with van der Waals surface area (Å²) in [4.78, 5) is 15.5. The van der Waals surface area contributed by atoms with Crippen LogP contribution in [-0.2, 0) is 19.9 Å². The average Bonchev–Trinajstić information content (AvgIpc) is 3.12. The van der Waals surface area contributed by atoms with Crippen LogP contribution in [0.1, 0.15) is 16.8 Å². The number of hydrogen-bond donors (Lipinski definition) is 0. The van der Waals surface area contributed by atoms with Crippen LogP contribution in [0.15, 0.2) is 58.3 Å². The van der Waals surface area contributed by atoms with Crippen molar-refractivity contribution in [3.05, 3.63) is 59.9 Å². The Hall–Kier alpha value is -1.95. The Labute approximate surface area is 191 Å². The SMILES string of the molecule is O=C(c1ccccc1SC1CCS(=O)(=O)C1)N1CCN(S(=O)(=O)c2ccc(F)cc2)CC1. The first-order valence-corrected chi connectivity index (χ1v) is 14.3. The van der Waals surface area contributed by atoms with Crippen LogP contribution in [0.2, 0.25) is 0 Å². The van der Waals surface area contributed by atoms with Crippen LogP contribution < -0.4 is 0 Å². The van der Waals surface area contributed by atoms with Gasteiger partial charge in [0.1, 0.15) is 5.82 Å². The molecule has 0 radical (unpaired) electrons. The smallest absolute Gasteiger partial charge is 0.255 e. The topological polar surface area (TPSA) is 91.8 Å². The van der Waals surface area contributed by atoms with E-state index in [4.69, 9.17) is 0 Å². The van der Waals surface area contributed by atoms with Crippen molar-refractivity contribution in [2.45, 2.75) is 21.5 Å². The fraction of sp³-hybridized carbons (Fsp3) is 0.381. The second-order valence-electron chi connectivity index (χ2n) is 7.79. The third kappa shape index (κ3) is 5.00. The van der Waals surface area contributed by atoms with Crippen LogP contribution in [0.3, 0.4) is 0 Å². The van der Waals surface area contributed by atoms with E-state index in [9.17, 15) is 26.0 Å². The quantitative estimate of drug-likeness (QED) is 0.628. The van der Waals surface area contributed by atoms with Crippen molar-refractivity contribution in [1.29, 1.82) is 0 Å². The lowest BCUT2D eigenvalue weighted by atomic mass is 10.2. The normalized spacial score (nSPS) is 21.5. The van der Waals surface area contributed by atoms with Gasteiger partial charge >= 0.3 is 0 Å². The van der Waals surface area contributed by atoms with E-state index in [0.29, 0.717) is 12.0 Å². The van der Waals surface area contributed by atoms with Crippen LogP contribution in [-0.4, -0.2) is 74.9 Å². The van der Waals surface area contributed by atoms with Gasteiger partial charge in [-0.05, 0) is 42.8 Å². The largest absolute Gasteiger partial charge is 0.336 e. The maximum atomic E-state index is 13.2. The Morgan fingerprint density at radius 1 is 1.00 bits per heavy atom. The summed E-state index contributed by atoms with van der Waals surface area (Å²) in [5.74, 6) is -0.426. The minimum Gasteiger partial charge on any atom is -0.336 e. The summed E-state index contributed by atoms with van der Waals surface area (Å²) in [7, 11) is -6.77. The predicted octanol–water partition coefficient (Wildman–Crippen LogP) is 2.25. The predicted molar refractivity (Wildman–Crippen MR) is 120 cm³/mol. The highest BCUT2D eigenvalue weighted by Gasteiger charge is 2.32. The summed E-state index contributed by atoms with van der Waals surface area (Å²) in [5.41, 5.74) is 0.497. The molecule has 2 saturated heterocycles. The Kier molecular flexibility index (Phi) is 6.62. The number of benzene rings is 2. The number of hydrogen-bond acceptors (Lipinski definition) is 6. The van der Waals surface area contributed by atoms with Gasteiger partial charge in [-0.3, -0.25) is 4.79 Å². The summed E-state index contributed by atoms with van der Waals surface area (Å²) >= 11 is 1.41. The molecule has 2 fully saturated rings. The molecule has 0 aromatic heterocycles. The number of piperazine rings is 1. The van der Waals surface area contributed by atoms with Crippen LogP contribution >= 0.6 is 11.8 Å². The van der Waals surface area contributed by atoms with Crippen LogP contribution in [0.4, 0.5) is 4.39 Å². The number of carbonyl (C=O) groups excluding carboxylic acids is 1. The zero-order valence-electron chi connectivity index (χ0n) is 17.2. The van der Waals surface area contributed by atoms with Crippen molar-refractivity contribution < 1.29 is 26.0 Å². The van der Waals surface area contributed by atoms with E-state index >= 15 is 0 Å². The Morgan fingerprint density at radius 3 is 2.28 bits per heavy atom. The highest BCUT2D eigenvalue weighted by molar-refractivity contribution is 8.02. The zero-order valence-corrected chi connectivity index (χ0v) is 19.6. The molecule has 0 N–H and O–H groups in total. The molecule has 172 valence electrons.